The number of H-pyrrole nitrogens is 1. The van der Waals surface area contributed by atoms with Gasteiger partial charge in [0.15, 0.2) is 0 Å². The number of carbonyl (C=O) groups is 1. The lowest BCUT2D eigenvalue weighted by Crippen LogP contribution is -2.28. The van der Waals surface area contributed by atoms with Gasteiger partial charge in [-0.2, -0.15) is 0 Å². The number of anilines is 1. The molecule has 0 spiro atoms. The minimum atomic E-state index is -0.118. The van der Waals surface area contributed by atoms with Crippen molar-refractivity contribution in [2.45, 2.75) is 26.3 Å². The average molecular weight is 286 g/mol. The second-order valence-electron chi connectivity index (χ2n) is 5.48. The van der Waals surface area contributed by atoms with E-state index in [0.29, 0.717) is 6.42 Å². The van der Waals surface area contributed by atoms with Gasteiger partial charge in [0, 0.05) is 31.7 Å². The van der Waals surface area contributed by atoms with E-state index in [1.54, 1.807) is 6.20 Å². The molecule has 0 bridgehead atoms. The van der Waals surface area contributed by atoms with Crippen LogP contribution in [0.1, 0.15) is 30.0 Å². The fourth-order valence-corrected chi connectivity index (χ4v) is 2.11. The predicted molar refractivity (Wildman–Crippen MR) is 84.4 cm³/mol. The fourth-order valence-electron chi connectivity index (χ4n) is 2.11. The number of aromatic amines is 1. The maximum Gasteiger partial charge on any atom is 0.224 e. The second kappa shape index (κ2) is 6.43. The molecule has 0 aliphatic carbocycles. The summed E-state index contributed by atoms with van der Waals surface area (Å²) in [5, 5.41) is 2.95. The van der Waals surface area contributed by atoms with Crippen LogP contribution in [0.4, 0.5) is 5.69 Å². The number of rotatable bonds is 5. The lowest BCUT2D eigenvalue weighted by Gasteiger charge is -2.14. The number of hydrogen-bond donors (Lipinski definition) is 2. The molecule has 112 valence electrons. The van der Waals surface area contributed by atoms with Crippen molar-refractivity contribution in [2.75, 3.05) is 19.0 Å². The van der Waals surface area contributed by atoms with E-state index in [9.17, 15) is 4.79 Å². The molecule has 0 saturated heterocycles. The van der Waals surface area contributed by atoms with E-state index in [0.717, 1.165) is 22.8 Å². The summed E-state index contributed by atoms with van der Waals surface area (Å²) in [7, 11) is 3.99. The van der Waals surface area contributed by atoms with Crippen LogP contribution >= 0.6 is 0 Å². The fraction of sp³-hybridized carbons (Fsp3) is 0.375. The van der Waals surface area contributed by atoms with Gasteiger partial charge in [0.2, 0.25) is 5.91 Å². The molecule has 0 fully saturated rings. The summed E-state index contributed by atoms with van der Waals surface area (Å²) in [6, 6.07) is 7.88. The van der Waals surface area contributed by atoms with E-state index in [2.05, 4.69) is 15.3 Å². The number of aryl methyl sites for hydroxylation is 1. The molecule has 1 unspecified atom stereocenters. The summed E-state index contributed by atoms with van der Waals surface area (Å²) in [6.07, 6.45) is 2.13. The topological polar surface area (TPSA) is 61.0 Å². The Balaban J connectivity index is 1.92. The summed E-state index contributed by atoms with van der Waals surface area (Å²) in [4.78, 5) is 21.5. The number of nitrogens with zero attached hydrogens (tertiary/aromatic N) is 2. The van der Waals surface area contributed by atoms with Crippen molar-refractivity contribution in [2.24, 2.45) is 0 Å². The molecule has 5 nitrogen and oxygen atoms in total. The number of aromatic nitrogens is 2. The van der Waals surface area contributed by atoms with Crippen LogP contribution < -0.4 is 10.2 Å². The predicted octanol–water partition coefficient (Wildman–Crippen LogP) is 2.20. The SMILES string of the molecule is Cc1cnc(C(C)NC(=O)Cc2ccc(N(C)C)cc2)[nH]1. The smallest absolute Gasteiger partial charge is 0.224 e. The first-order valence-corrected chi connectivity index (χ1v) is 7.03. The highest BCUT2D eigenvalue weighted by molar-refractivity contribution is 5.79. The molecule has 21 heavy (non-hydrogen) atoms. The Bertz CT molecular complexity index is 601. The maximum absolute atomic E-state index is 12.1. The van der Waals surface area contributed by atoms with E-state index < -0.39 is 0 Å². The van der Waals surface area contributed by atoms with Crippen molar-refractivity contribution in [3.63, 3.8) is 0 Å². The van der Waals surface area contributed by atoms with Crippen molar-refractivity contribution >= 4 is 11.6 Å². The molecule has 0 radical (unpaired) electrons. The molecule has 0 aliphatic rings. The molecule has 1 atom stereocenters. The van der Waals surface area contributed by atoms with Crippen molar-refractivity contribution in [1.29, 1.82) is 0 Å². The molecule has 0 aliphatic heterocycles. The Morgan fingerprint density at radius 2 is 2.00 bits per heavy atom. The standard InChI is InChI=1S/C16H22N4O/c1-11-10-17-16(18-11)12(2)19-15(21)9-13-5-7-14(8-6-13)20(3)4/h5-8,10,12H,9H2,1-4H3,(H,17,18)(H,19,21). The molecule has 1 amide bonds. The average Bonchev–Trinajstić information content (AvgIpc) is 2.86. The van der Waals surface area contributed by atoms with Gasteiger partial charge in [-0.25, -0.2) is 4.98 Å². The van der Waals surface area contributed by atoms with Gasteiger partial charge in [-0.3, -0.25) is 4.79 Å². The number of hydrogen-bond acceptors (Lipinski definition) is 3. The molecule has 1 aromatic heterocycles. The zero-order chi connectivity index (χ0) is 15.4. The van der Waals surface area contributed by atoms with Crippen LogP contribution in [0.3, 0.4) is 0 Å². The van der Waals surface area contributed by atoms with Crippen LogP contribution in [-0.2, 0) is 11.2 Å². The van der Waals surface area contributed by atoms with Gasteiger partial charge in [-0.15, -0.1) is 0 Å². The lowest BCUT2D eigenvalue weighted by atomic mass is 10.1. The van der Waals surface area contributed by atoms with Crippen molar-refractivity contribution in [3.05, 3.63) is 47.5 Å². The summed E-state index contributed by atoms with van der Waals surface area (Å²) >= 11 is 0. The summed E-state index contributed by atoms with van der Waals surface area (Å²) in [6.45, 7) is 3.86. The number of imidazole rings is 1. The Morgan fingerprint density at radius 3 is 2.52 bits per heavy atom. The highest BCUT2D eigenvalue weighted by Crippen LogP contribution is 2.13. The number of carbonyl (C=O) groups excluding carboxylic acids is 1. The van der Waals surface area contributed by atoms with E-state index in [4.69, 9.17) is 0 Å². The lowest BCUT2D eigenvalue weighted by molar-refractivity contribution is -0.121. The van der Waals surface area contributed by atoms with Crippen LogP contribution in [0.5, 0.6) is 0 Å². The van der Waals surface area contributed by atoms with Crippen molar-refractivity contribution < 1.29 is 4.79 Å². The molecular weight excluding hydrogens is 264 g/mol. The molecule has 1 heterocycles. The quantitative estimate of drug-likeness (QED) is 0.886. The van der Waals surface area contributed by atoms with E-state index >= 15 is 0 Å². The molecule has 5 heteroatoms. The Labute approximate surface area is 125 Å². The Kier molecular flexibility index (Phi) is 4.62. The van der Waals surface area contributed by atoms with E-state index in [1.807, 2.05) is 57.1 Å². The van der Waals surface area contributed by atoms with Crippen LogP contribution in [0.2, 0.25) is 0 Å². The molecule has 0 saturated carbocycles. The van der Waals surface area contributed by atoms with Gasteiger partial charge < -0.3 is 15.2 Å². The van der Waals surface area contributed by atoms with Gasteiger partial charge in [-0.05, 0) is 31.5 Å². The zero-order valence-electron chi connectivity index (χ0n) is 13.0. The largest absolute Gasteiger partial charge is 0.378 e. The van der Waals surface area contributed by atoms with Crippen molar-refractivity contribution in [1.82, 2.24) is 15.3 Å². The van der Waals surface area contributed by atoms with Gasteiger partial charge in [0.25, 0.3) is 0 Å². The van der Waals surface area contributed by atoms with E-state index in [1.165, 1.54) is 0 Å². The first kappa shape index (κ1) is 15.1. The third-order valence-electron chi connectivity index (χ3n) is 3.33. The van der Waals surface area contributed by atoms with Crippen LogP contribution in [0, 0.1) is 6.92 Å². The molecular formula is C16H22N4O. The number of nitrogens with one attached hydrogen (secondary N) is 2. The third kappa shape index (κ3) is 4.08. The number of benzene rings is 1. The first-order chi connectivity index (χ1) is 9.95. The minimum absolute atomic E-state index is 0.00541. The molecule has 1 aromatic carbocycles. The van der Waals surface area contributed by atoms with Crippen LogP contribution in [-0.4, -0.2) is 30.0 Å². The van der Waals surface area contributed by atoms with Gasteiger partial charge in [0.05, 0.1) is 12.5 Å². The summed E-state index contributed by atoms with van der Waals surface area (Å²) in [5.41, 5.74) is 3.12. The van der Waals surface area contributed by atoms with Gasteiger partial charge in [0.1, 0.15) is 5.82 Å². The van der Waals surface area contributed by atoms with Crippen LogP contribution in [0.15, 0.2) is 30.5 Å². The highest BCUT2D eigenvalue weighted by Gasteiger charge is 2.12. The van der Waals surface area contributed by atoms with Crippen molar-refractivity contribution in [3.8, 4) is 0 Å². The normalized spacial score (nSPS) is 12.0. The number of amides is 1. The third-order valence-corrected chi connectivity index (χ3v) is 3.33. The monoisotopic (exact) mass is 286 g/mol. The summed E-state index contributed by atoms with van der Waals surface area (Å²) < 4.78 is 0. The highest BCUT2D eigenvalue weighted by atomic mass is 16.1. The Morgan fingerprint density at radius 1 is 1.33 bits per heavy atom. The van der Waals surface area contributed by atoms with Gasteiger partial charge in [-0.1, -0.05) is 12.1 Å². The zero-order valence-corrected chi connectivity index (χ0v) is 13.0. The minimum Gasteiger partial charge on any atom is -0.378 e. The molecule has 2 aromatic rings. The first-order valence-electron chi connectivity index (χ1n) is 7.03. The van der Waals surface area contributed by atoms with Crippen LogP contribution in [0.25, 0.3) is 0 Å². The maximum atomic E-state index is 12.1. The van der Waals surface area contributed by atoms with E-state index in [-0.39, 0.29) is 11.9 Å². The molecule has 2 rings (SSSR count). The summed E-state index contributed by atoms with van der Waals surface area (Å²) in [5.74, 6) is 0.776. The Hall–Kier alpha value is -2.30. The second-order valence-corrected chi connectivity index (χ2v) is 5.48. The molecule has 2 N–H and O–H groups in total. The van der Waals surface area contributed by atoms with Gasteiger partial charge >= 0.3 is 0 Å².